The molecule has 0 saturated carbocycles. The number of rotatable bonds is 12. The summed E-state index contributed by atoms with van der Waals surface area (Å²) < 4.78 is 43.0. The van der Waals surface area contributed by atoms with Gasteiger partial charge >= 0.3 is 0 Å². The molecule has 15 aromatic rings. The molecule has 0 unspecified atom stereocenters. The van der Waals surface area contributed by atoms with Crippen LogP contribution in [0.5, 0.6) is 57.5 Å². The number of ether oxygens (including phenoxy) is 6. The van der Waals surface area contributed by atoms with Gasteiger partial charge in [0, 0.05) is 53.9 Å². The predicted octanol–water partition coefficient (Wildman–Crippen LogP) is 13.4. The molecule has 0 saturated heterocycles. The minimum absolute atomic E-state index is 0.171. The monoisotopic (exact) mass is 1020 g/mol. The molecule has 2 N–H and O–H groups in total. The van der Waals surface area contributed by atoms with Crippen molar-refractivity contribution < 1.29 is 38.6 Å². The van der Waals surface area contributed by atoms with E-state index >= 15 is 9.59 Å². The minimum atomic E-state index is -0.327. The van der Waals surface area contributed by atoms with Crippen LogP contribution in [0.15, 0.2) is 179 Å². The Morgan fingerprint density at radius 2 is 0.679 bits per heavy atom. The molecule has 0 aliphatic carbocycles. The highest BCUT2D eigenvalue weighted by Gasteiger charge is 2.33. The number of aliphatic hydroxyl groups is 2. The van der Waals surface area contributed by atoms with Crippen LogP contribution in [0.2, 0.25) is 0 Å². The second-order valence-corrected chi connectivity index (χ2v) is 19.2. The molecular formula is C64H40N4O10. The predicted molar refractivity (Wildman–Crippen MR) is 301 cm³/mol. The summed E-state index contributed by atoms with van der Waals surface area (Å²) in [6.07, 6.45) is 0. The van der Waals surface area contributed by atoms with Crippen molar-refractivity contribution >= 4 is 98.0 Å². The quantitative estimate of drug-likeness (QED) is 0.0880. The Labute approximate surface area is 440 Å². The largest absolute Gasteiger partial charge is 0.497 e. The van der Waals surface area contributed by atoms with Crippen molar-refractivity contribution in [1.29, 1.82) is 0 Å². The Morgan fingerprint density at radius 1 is 0.372 bits per heavy atom. The number of pyridine rings is 2. The van der Waals surface area contributed by atoms with E-state index in [1.54, 1.807) is 132 Å². The number of nitrogens with zero attached hydrogens (tertiary/aromatic N) is 4. The Bertz CT molecular complexity index is 4700. The highest BCUT2D eigenvalue weighted by Crippen LogP contribution is 2.57. The van der Waals surface area contributed by atoms with Crippen LogP contribution in [0.25, 0.3) is 98.0 Å². The maximum Gasteiger partial charge on any atom is 0.264 e. The maximum absolute atomic E-state index is 15.6. The van der Waals surface area contributed by atoms with Crippen molar-refractivity contribution in [1.82, 2.24) is 18.8 Å². The van der Waals surface area contributed by atoms with Crippen LogP contribution in [-0.4, -0.2) is 43.2 Å². The van der Waals surface area contributed by atoms with Gasteiger partial charge in [-0.05, 0) is 132 Å². The first-order valence-electron chi connectivity index (χ1n) is 25.1. The van der Waals surface area contributed by atoms with Crippen LogP contribution < -0.4 is 39.5 Å². The number of benzene rings is 11. The summed E-state index contributed by atoms with van der Waals surface area (Å²) in [4.78, 5) is 41.5. The maximum atomic E-state index is 15.6. The van der Waals surface area contributed by atoms with Gasteiger partial charge in [0.2, 0.25) is 0 Å². The normalized spacial score (nSPS) is 12.1. The van der Waals surface area contributed by atoms with Crippen LogP contribution in [0.3, 0.4) is 0 Å². The van der Waals surface area contributed by atoms with Gasteiger partial charge in [0.25, 0.3) is 11.1 Å². The number of fused-ring (bicyclic) bond motifs is 10. The molecule has 4 aromatic heterocycles. The molecule has 4 heterocycles. The van der Waals surface area contributed by atoms with Gasteiger partial charge in [0.1, 0.15) is 68.8 Å². The summed E-state index contributed by atoms with van der Waals surface area (Å²) >= 11 is 0. The van der Waals surface area contributed by atoms with E-state index in [0.29, 0.717) is 167 Å². The van der Waals surface area contributed by atoms with Gasteiger partial charge < -0.3 is 38.6 Å². The van der Waals surface area contributed by atoms with E-state index in [1.807, 2.05) is 60.7 Å². The molecule has 78 heavy (non-hydrogen) atoms. The van der Waals surface area contributed by atoms with Gasteiger partial charge in [-0.25, -0.2) is 9.97 Å². The third kappa shape index (κ3) is 6.63. The van der Waals surface area contributed by atoms with E-state index in [-0.39, 0.29) is 24.3 Å². The highest BCUT2D eigenvalue weighted by atomic mass is 16.5. The Balaban J connectivity index is 1.22. The number of imidazole rings is 2. The average Bonchev–Trinajstić information content (AvgIpc) is 4.10. The van der Waals surface area contributed by atoms with E-state index in [2.05, 4.69) is 0 Å². The Kier molecular flexibility index (Phi) is 9.91. The second kappa shape index (κ2) is 17.1. The third-order valence-corrected chi connectivity index (χ3v) is 14.9. The molecule has 0 aliphatic heterocycles. The summed E-state index contributed by atoms with van der Waals surface area (Å²) in [5.74, 6) is 4.32. The molecule has 376 valence electrons. The van der Waals surface area contributed by atoms with Crippen molar-refractivity contribution in [3.05, 3.63) is 202 Å². The van der Waals surface area contributed by atoms with Gasteiger partial charge in [-0.2, -0.15) is 0 Å². The fraction of sp³-hybridized carbons (Fsp3) is 0.0625. The van der Waals surface area contributed by atoms with Crippen LogP contribution in [-0.2, 0) is 13.2 Å². The molecule has 14 heteroatoms. The average molecular weight is 1030 g/mol. The number of aliphatic hydroxyl groups excluding tert-OH is 2. The molecule has 0 fully saturated rings. The lowest BCUT2D eigenvalue weighted by Gasteiger charge is -2.25. The van der Waals surface area contributed by atoms with E-state index in [9.17, 15) is 10.2 Å². The van der Waals surface area contributed by atoms with Crippen LogP contribution >= 0.6 is 0 Å². The van der Waals surface area contributed by atoms with Gasteiger partial charge in [0.05, 0.1) is 60.3 Å². The zero-order valence-electron chi connectivity index (χ0n) is 41.5. The van der Waals surface area contributed by atoms with Gasteiger partial charge in [0.15, 0.2) is 0 Å². The number of aromatic nitrogens is 4. The van der Waals surface area contributed by atoms with Crippen molar-refractivity contribution in [2.45, 2.75) is 13.2 Å². The van der Waals surface area contributed by atoms with E-state index in [4.69, 9.17) is 38.4 Å². The molecule has 11 aromatic carbocycles. The van der Waals surface area contributed by atoms with Crippen LogP contribution in [0.1, 0.15) is 11.1 Å². The van der Waals surface area contributed by atoms with Crippen molar-refractivity contribution in [2.24, 2.45) is 0 Å². The van der Waals surface area contributed by atoms with Gasteiger partial charge in [-0.15, -0.1) is 0 Å². The van der Waals surface area contributed by atoms with E-state index in [1.165, 1.54) is 0 Å². The van der Waals surface area contributed by atoms with Crippen LogP contribution in [0, 0.1) is 0 Å². The van der Waals surface area contributed by atoms with Crippen LogP contribution in [0.4, 0.5) is 0 Å². The first kappa shape index (κ1) is 45.1. The molecular weight excluding hydrogens is 985 g/mol. The fourth-order valence-electron chi connectivity index (χ4n) is 11.4. The third-order valence-electron chi connectivity index (χ3n) is 14.9. The van der Waals surface area contributed by atoms with Crippen molar-refractivity contribution in [3.63, 3.8) is 0 Å². The molecule has 0 bridgehead atoms. The first-order valence-corrected chi connectivity index (χ1v) is 25.1. The van der Waals surface area contributed by atoms with Crippen molar-refractivity contribution in [3.8, 4) is 57.5 Å². The Morgan fingerprint density at radius 3 is 1.01 bits per heavy atom. The molecule has 0 amide bonds. The SMILES string of the molecule is COc1ccc(Oc2cc3c(=O)n4c5ccccc5nc4c4cc(Oc5ccc(CO)cc5)c5c6c(Oc7ccc(CO)cc7)cc7c8c(cc(Oc9ccc(OC)cc9)c(c2c5c34)c68)c(=O)n2c3ccccc3nc72)cc1. The Hall–Kier alpha value is -10.3. The highest BCUT2D eigenvalue weighted by molar-refractivity contribution is 6.44. The summed E-state index contributed by atoms with van der Waals surface area (Å²) in [6, 6.07) is 51.1. The van der Waals surface area contributed by atoms with Gasteiger partial charge in [-0.1, -0.05) is 48.5 Å². The second-order valence-electron chi connectivity index (χ2n) is 19.2. The first-order chi connectivity index (χ1) is 38.3. The number of methoxy groups -OCH3 is 2. The molecule has 0 aliphatic rings. The summed E-state index contributed by atoms with van der Waals surface area (Å²) in [6.45, 7) is -0.341. The molecule has 14 nitrogen and oxygen atoms in total. The van der Waals surface area contributed by atoms with E-state index < -0.39 is 0 Å². The van der Waals surface area contributed by atoms with Crippen molar-refractivity contribution in [2.75, 3.05) is 14.2 Å². The smallest absolute Gasteiger partial charge is 0.264 e. The summed E-state index contributed by atoms with van der Waals surface area (Å²) in [5, 5.41) is 26.5. The molecule has 0 atom stereocenters. The lowest BCUT2D eigenvalue weighted by molar-refractivity contribution is 0.281. The number of para-hydroxylation sites is 4. The number of hydrogen-bond acceptors (Lipinski definition) is 12. The molecule has 0 spiro atoms. The lowest BCUT2D eigenvalue weighted by Crippen LogP contribution is -2.15. The minimum Gasteiger partial charge on any atom is -0.497 e. The lowest BCUT2D eigenvalue weighted by atomic mass is 9.84. The number of hydrogen-bond donors (Lipinski definition) is 2. The topological polar surface area (TPSA) is 165 Å². The fourth-order valence-corrected chi connectivity index (χ4v) is 11.4. The zero-order valence-corrected chi connectivity index (χ0v) is 41.5. The standard InChI is InChI=1S/C64H40N4O10/c1-73-35-19-23-39(24-20-35)77-51-29-43-53-41(61-65-45-7-3-5-9-47(45)67(61)63(43)71)27-49(75-37-15-11-33(31-69)12-16-37)55-56-50(76-38-17-13-34(32-70)14-18-38)28-42-54-44(64(72)68-48-10-6-4-8-46(48)66-62(42)68)30-52(58(60(54)56)57(51)59(53)55)78-40-25-21-36(74-2)22-26-40/h3-30,69-70H,31-32H2,1-2H3. The zero-order chi connectivity index (χ0) is 52.5. The molecule has 0 radical (unpaired) electrons. The summed E-state index contributed by atoms with van der Waals surface area (Å²) in [7, 11) is 3.18. The molecule has 15 rings (SSSR count). The van der Waals surface area contributed by atoms with Gasteiger partial charge in [-0.3, -0.25) is 18.4 Å². The van der Waals surface area contributed by atoms with E-state index in [0.717, 1.165) is 0 Å². The summed E-state index contributed by atoms with van der Waals surface area (Å²) in [5.41, 5.74) is 4.02.